The van der Waals surface area contributed by atoms with Gasteiger partial charge in [0.15, 0.2) is 22.9 Å². The molecule has 1 amide bonds. The van der Waals surface area contributed by atoms with E-state index in [0.717, 1.165) is 12.0 Å². The lowest BCUT2D eigenvalue weighted by molar-refractivity contribution is 0.0939. The molecule has 1 atom stereocenters. The van der Waals surface area contributed by atoms with Crippen LogP contribution in [-0.4, -0.2) is 28.8 Å². The fourth-order valence-corrected chi connectivity index (χ4v) is 2.98. The summed E-state index contributed by atoms with van der Waals surface area (Å²) in [6.45, 7) is 5.90. The van der Waals surface area contributed by atoms with E-state index in [-0.39, 0.29) is 28.9 Å². The SMILES string of the molecule is CC[C@@H](C)NC(=O)c1cccc(Nc2c(Oc3ccc(C)cc3OC)cnn(C)c2=O)c1. The molecule has 0 unspecified atom stereocenters. The number of aromatic nitrogens is 2. The Morgan fingerprint density at radius 2 is 1.94 bits per heavy atom. The van der Waals surface area contributed by atoms with E-state index >= 15 is 0 Å². The summed E-state index contributed by atoms with van der Waals surface area (Å²) in [7, 11) is 3.11. The largest absolute Gasteiger partial charge is 0.493 e. The number of nitrogens with zero attached hydrogens (tertiary/aromatic N) is 2. The van der Waals surface area contributed by atoms with Crippen LogP contribution in [0.4, 0.5) is 11.4 Å². The van der Waals surface area contributed by atoms with Gasteiger partial charge in [-0.2, -0.15) is 5.10 Å². The third-order valence-corrected chi connectivity index (χ3v) is 5.03. The molecule has 0 saturated carbocycles. The number of aryl methyl sites for hydroxylation is 2. The summed E-state index contributed by atoms with van der Waals surface area (Å²) < 4.78 is 12.6. The van der Waals surface area contributed by atoms with Crippen LogP contribution < -0.4 is 25.7 Å². The Balaban J connectivity index is 1.94. The first-order valence-corrected chi connectivity index (χ1v) is 10.4. The predicted octanol–water partition coefficient (Wildman–Crippen LogP) is 4.16. The molecule has 1 heterocycles. The zero-order valence-electron chi connectivity index (χ0n) is 18.9. The van der Waals surface area contributed by atoms with Gasteiger partial charge in [0.05, 0.1) is 13.3 Å². The molecule has 1 aromatic heterocycles. The van der Waals surface area contributed by atoms with Crippen LogP contribution in [0.25, 0.3) is 0 Å². The molecule has 0 radical (unpaired) electrons. The minimum absolute atomic E-state index is 0.0658. The molecule has 0 saturated heterocycles. The summed E-state index contributed by atoms with van der Waals surface area (Å²) >= 11 is 0. The smallest absolute Gasteiger partial charge is 0.294 e. The van der Waals surface area contributed by atoms with Crippen LogP contribution in [0.15, 0.2) is 53.5 Å². The van der Waals surface area contributed by atoms with E-state index < -0.39 is 0 Å². The first-order valence-electron chi connectivity index (χ1n) is 10.4. The monoisotopic (exact) mass is 436 g/mol. The van der Waals surface area contributed by atoms with E-state index in [1.807, 2.05) is 32.9 Å². The fourth-order valence-electron chi connectivity index (χ4n) is 2.98. The predicted molar refractivity (Wildman–Crippen MR) is 124 cm³/mol. The van der Waals surface area contributed by atoms with E-state index in [0.29, 0.717) is 22.7 Å². The maximum atomic E-state index is 12.8. The van der Waals surface area contributed by atoms with Gasteiger partial charge in [0.2, 0.25) is 0 Å². The zero-order valence-corrected chi connectivity index (χ0v) is 18.9. The minimum Gasteiger partial charge on any atom is -0.493 e. The zero-order chi connectivity index (χ0) is 23.3. The van der Waals surface area contributed by atoms with Gasteiger partial charge in [0.1, 0.15) is 0 Å². The molecule has 0 fully saturated rings. The number of anilines is 2. The number of carbonyl (C=O) groups is 1. The van der Waals surface area contributed by atoms with E-state index in [1.165, 1.54) is 10.9 Å². The quantitative estimate of drug-likeness (QED) is 0.551. The number of hydrogen-bond donors (Lipinski definition) is 2. The van der Waals surface area contributed by atoms with Crippen LogP contribution in [-0.2, 0) is 7.05 Å². The average Bonchev–Trinajstić information content (AvgIpc) is 2.79. The van der Waals surface area contributed by atoms with E-state index in [9.17, 15) is 9.59 Å². The number of nitrogens with one attached hydrogen (secondary N) is 2. The lowest BCUT2D eigenvalue weighted by Crippen LogP contribution is -2.31. The van der Waals surface area contributed by atoms with Gasteiger partial charge in [-0.15, -0.1) is 0 Å². The highest BCUT2D eigenvalue weighted by atomic mass is 16.5. The van der Waals surface area contributed by atoms with Crippen molar-refractivity contribution in [3.05, 3.63) is 70.1 Å². The fraction of sp³-hybridized carbons (Fsp3) is 0.292. The summed E-state index contributed by atoms with van der Waals surface area (Å²) in [6.07, 6.45) is 2.29. The van der Waals surface area contributed by atoms with Crippen LogP contribution in [0.3, 0.4) is 0 Å². The number of carbonyl (C=O) groups excluding carboxylic acids is 1. The minimum atomic E-state index is -0.372. The van der Waals surface area contributed by atoms with E-state index in [2.05, 4.69) is 15.7 Å². The van der Waals surface area contributed by atoms with Gasteiger partial charge in [0.25, 0.3) is 11.5 Å². The average molecular weight is 437 g/mol. The van der Waals surface area contributed by atoms with Crippen molar-refractivity contribution in [2.24, 2.45) is 7.05 Å². The van der Waals surface area contributed by atoms with Crippen molar-refractivity contribution >= 4 is 17.3 Å². The van der Waals surface area contributed by atoms with Crippen LogP contribution in [0.2, 0.25) is 0 Å². The highest BCUT2D eigenvalue weighted by molar-refractivity contribution is 5.95. The van der Waals surface area contributed by atoms with Crippen LogP contribution in [0.1, 0.15) is 36.2 Å². The number of amides is 1. The lowest BCUT2D eigenvalue weighted by Gasteiger charge is -2.16. The van der Waals surface area contributed by atoms with Gasteiger partial charge in [0, 0.05) is 24.3 Å². The molecule has 3 aromatic rings. The number of ether oxygens (including phenoxy) is 2. The van der Waals surface area contributed by atoms with Crippen molar-refractivity contribution in [3.8, 4) is 17.2 Å². The van der Waals surface area contributed by atoms with Crippen molar-refractivity contribution in [1.82, 2.24) is 15.1 Å². The van der Waals surface area contributed by atoms with Gasteiger partial charge < -0.3 is 20.1 Å². The summed E-state index contributed by atoms with van der Waals surface area (Å²) in [6, 6.07) is 12.5. The standard InChI is InChI=1S/C24H28N4O4/c1-6-16(3)26-23(29)17-8-7-9-18(13-17)27-22-21(14-25-28(4)24(22)30)32-19-11-10-15(2)12-20(19)31-5/h7-14,16,27H,6H2,1-5H3,(H,26,29)/t16-/m1/s1. The normalized spacial score (nSPS) is 11.5. The highest BCUT2D eigenvalue weighted by Gasteiger charge is 2.16. The summed E-state index contributed by atoms with van der Waals surface area (Å²) in [5.74, 6) is 1.06. The highest BCUT2D eigenvalue weighted by Crippen LogP contribution is 2.35. The molecule has 8 nitrogen and oxygen atoms in total. The summed E-state index contributed by atoms with van der Waals surface area (Å²) in [4.78, 5) is 25.3. The molecule has 168 valence electrons. The van der Waals surface area contributed by atoms with Crippen LogP contribution in [0, 0.1) is 6.92 Å². The number of rotatable bonds is 8. The van der Waals surface area contributed by atoms with Gasteiger partial charge in [-0.25, -0.2) is 4.68 Å². The maximum absolute atomic E-state index is 12.8. The first kappa shape index (κ1) is 22.9. The van der Waals surface area contributed by atoms with Gasteiger partial charge in [-0.1, -0.05) is 19.1 Å². The Hall–Kier alpha value is -3.81. The molecular weight excluding hydrogens is 408 g/mol. The van der Waals surface area contributed by atoms with E-state index in [1.54, 1.807) is 44.5 Å². The van der Waals surface area contributed by atoms with Gasteiger partial charge >= 0.3 is 0 Å². The summed E-state index contributed by atoms with van der Waals surface area (Å²) in [5.41, 5.74) is 1.91. The Labute approximate surface area is 187 Å². The molecule has 0 aliphatic heterocycles. The van der Waals surface area contributed by atoms with Crippen molar-refractivity contribution in [1.29, 1.82) is 0 Å². The van der Waals surface area contributed by atoms with Crippen molar-refractivity contribution in [2.45, 2.75) is 33.2 Å². The molecule has 2 N–H and O–H groups in total. The number of benzene rings is 2. The van der Waals surface area contributed by atoms with Gasteiger partial charge in [-0.3, -0.25) is 9.59 Å². The molecule has 0 aliphatic carbocycles. The van der Waals surface area contributed by atoms with Crippen LogP contribution >= 0.6 is 0 Å². The molecule has 3 rings (SSSR count). The molecule has 0 bridgehead atoms. The van der Waals surface area contributed by atoms with Gasteiger partial charge in [-0.05, 0) is 56.2 Å². The molecule has 8 heteroatoms. The van der Waals surface area contributed by atoms with Crippen molar-refractivity contribution in [2.75, 3.05) is 12.4 Å². The van der Waals surface area contributed by atoms with Crippen LogP contribution in [0.5, 0.6) is 17.2 Å². The Morgan fingerprint density at radius 3 is 2.66 bits per heavy atom. The molecule has 2 aromatic carbocycles. The third-order valence-electron chi connectivity index (χ3n) is 5.03. The lowest BCUT2D eigenvalue weighted by atomic mass is 10.1. The second-order valence-corrected chi connectivity index (χ2v) is 7.56. The van der Waals surface area contributed by atoms with E-state index in [4.69, 9.17) is 9.47 Å². The second-order valence-electron chi connectivity index (χ2n) is 7.56. The van der Waals surface area contributed by atoms with Crippen molar-refractivity contribution < 1.29 is 14.3 Å². The molecular formula is C24H28N4O4. The third kappa shape index (κ3) is 5.26. The first-order chi connectivity index (χ1) is 15.3. The topological polar surface area (TPSA) is 94.5 Å². The number of methoxy groups -OCH3 is 1. The molecule has 0 aliphatic rings. The Morgan fingerprint density at radius 1 is 1.16 bits per heavy atom. The number of hydrogen-bond acceptors (Lipinski definition) is 6. The molecule has 32 heavy (non-hydrogen) atoms. The van der Waals surface area contributed by atoms with Crippen molar-refractivity contribution in [3.63, 3.8) is 0 Å². The second kappa shape index (κ2) is 10.00. The Kier molecular flexibility index (Phi) is 7.14. The summed E-state index contributed by atoms with van der Waals surface area (Å²) in [5, 5.41) is 10.1. The molecule has 0 spiro atoms. The Bertz CT molecular complexity index is 1170. The maximum Gasteiger partial charge on any atom is 0.294 e.